The number of aliphatic hydroxyl groups excluding tert-OH is 1. The number of ether oxygens (including phenoxy) is 1. The molecule has 2 N–H and O–H groups in total. The Hall–Kier alpha value is -2.62. The van der Waals surface area contributed by atoms with Gasteiger partial charge < -0.3 is 19.8 Å². The highest BCUT2D eigenvalue weighted by molar-refractivity contribution is 7.92. The van der Waals surface area contributed by atoms with Crippen molar-refractivity contribution in [3.8, 4) is 5.75 Å². The van der Waals surface area contributed by atoms with E-state index in [2.05, 4.69) is 0 Å². The molecule has 0 bridgehead atoms. The summed E-state index contributed by atoms with van der Waals surface area (Å²) in [5.41, 5.74) is 0.230. The quantitative estimate of drug-likeness (QED) is 0.436. The highest BCUT2D eigenvalue weighted by Crippen LogP contribution is 2.35. The molecule has 1 atom stereocenters. The topological polar surface area (TPSA) is 90.3 Å². The highest BCUT2D eigenvalue weighted by atomic mass is 35.5. The molecule has 0 saturated carbocycles. The standard InChI is InChI=1S/C27H31ClN2O5S/c1-35-26-10-6-5-9-25(26)30(36(33,34)24-7-3-2-4-8-24)20-23(31)19-29-17-15-27(32,16-18-29)21-11-13-22(28)14-12-21/h2-14,23,31-32H,15-20H2,1H3. The maximum Gasteiger partial charge on any atom is 0.264 e. The smallest absolute Gasteiger partial charge is 0.264 e. The molecule has 36 heavy (non-hydrogen) atoms. The number of anilines is 1. The second kappa shape index (κ2) is 11.2. The van der Waals surface area contributed by atoms with Gasteiger partial charge in [0, 0.05) is 24.7 Å². The van der Waals surface area contributed by atoms with Gasteiger partial charge in [0.1, 0.15) is 5.75 Å². The Balaban J connectivity index is 1.49. The summed E-state index contributed by atoms with van der Waals surface area (Å²) in [6, 6.07) is 22.2. The molecule has 1 heterocycles. The van der Waals surface area contributed by atoms with Crippen molar-refractivity contribution in [1.29, 1.82) is 0 Å². The van der Waals surface area contributed by atoms with Gasteiger partial charge in [-0.05, 0) is 54.8 Å². The molecule has 192 valence electrons. The van der Waals surface area contributed by atoms with Crippen LogP contribution in [0.2, 0.25) is 5.02 Å². The molecule has 4 rings (SSSR count). The van der Waals surface area contributed by atoms with Gasteiger partial charge in [0.2, 0.25) is 0 Å². The Bertz CT molecular complexity index is 1250. The van der Waals surface area contributed by atoms with Crippen LogP contribution in [-0.4, -0.2) is 62.9 Å². The van der Waals surface area contributed by atoms with Gasteiger partial charge in [-0.3, -0.25) is 4.31 Å². The molecule has 0 amide bonds. The number of likely N-dealkylation sites (tertiary alicyclic amines) is 1. The number of halogens is 1. The van der Waals surface area contributed by atoms with Crippen LogP contribution >= 0.6 is 11.6 Å². The van der Waals surface area contributed by atoms with E-state index >= 15 is 0 Å². The zero-order chi connectivity index (χ0) is 25.8. The molecule has 0 aromatic heterocycles. The van der Waals surface area contributed by atoms with Crippen LogP contribution in [0.15, 0.2) is 83.8 Å². The monoisotopic (exact) mass is 530 g/mol. The molecule has 1 aliphatic rings. The highest BCUT2D eigenvalue weighted by Gasteiger charge is 2.35. The van der Waals surface area contributed by atoms with Crippen molar-refractivity contribution < 1.29 is 23.4 Å². The Labute approximate surface area is 217 Å². The first kappa shape index (κ1) is 26.4. The Morgan fingerprint density at radius 1 is 1.00 bits per heavy atom. The van der Waals surface area contributed by atoms with E-state index in [1.165, 1.54) is 23.5 Å². The predicted octanol–water partition coefficient (Wildman–Crippen LogP) is 3.89. The van der Waals surface area contributed by atoms with Crippen LogP contribution in [0.3, 0.4) is 0 Å². The lowest BCUT2D eigenvalue weighted by atomic mass is 9.84. The van der Waals surface area contributed by atoms with Crippen molar-refractivity contribution in [2.75, 3.05) is 37.6 Å². The summed E-state index contributed by atoms with van der Waals surface area (Å²) in [6.07, 6.45) is 0.0369. The van der Waals surface area contributed by atoms with Gasteiger partial charge in [-0.1, -0.05) is 54.1 Å². The first-order valence-electron chi connectivity index (χ1n) is 11.8. The number of sulfonamides is 1. The average Bonchev–Trinajstić information content (AvgIpc) is 2.89. The third kappa shape index (κ3) is 5.85. The third-order valence-electron chi connectivity index (χ3n) is 6.60. The third-order valence-corrected chi connectivity index (χ3v) is 8.64. The molecular weight excluding hydrogens is 500 g/mol. The van der Waals surface area contributed by atoms with E-state index in [9.17, 15) is 18.6 Å². The summed E-state index contributed by atoms with van der Waals surface area (Å²) in [5.74, 6) is 0.398. The summed E-state index contributed by atoms with van der Waals surface area (Å²) >= 11 is 5.98. The Morgan fingerprint density at radius 2 is 1.61 bits per heavy atom. The van der Waals surface area contributed by atoms with E-state index in [0.29, 0.717) is 42.4 Å². The average molecular weight is 531 g/mol. The molecule has 1 saturated heterocycles. The number of hydrogen-bond donors (Lipinski definition) is 2. The minimum atomic E-state index is -3.96. The van der Waals surface area contributed by atoms with Gasteiger partial charge in [-0.15, -0.1) is 0 Å². The molecule has 0 spiro atoms. The molecule has 0 aliphatic carbocycles. The van der Waals surface area contributed by atoms with Crippen molar-refractivity contribution in [2.24, 2.45) is 0 Å². The van der Waals surface area contributed by atoms with Crippen molar-refractivity contribution >= 4 is 27.3 Å². The van der Waals surface area contributed by atoms with E-state index in [1.54, 1.807) is 54.6 Å². The fraction of sp³-hybridized carbons (Fsp3) is 0.333. The van der Waals surface area contributed by atoms with Crippen LogP contribution in [0.1, 0.15) is 18.4 Å². The lowest BCUT2D eigenvalue weighted by molar-refractivity contribution is -0.0335. The van der Waals surface area contributed by atoms with Crippen LogP contribution in [0.4, 0.5) is 5.69 Å². The predicted molar refractivity (Wildman–Crippen MR) is 141 cm³/mol. The van der Waals surface area contributed by atoms with E-state index in [4.69, 9.17) is 16.3 Å². The zero-order valence-corrected chi connectivity index (χ0v) is 21.7. The fourth-order valence-electron chi connectivity index (χ4n) is 4.58. The number of benzene rings is 3. The number of hydrogen-bond acceptors (Lipinski definition) is 6. The van der Waals surface area contributed by atoms with Gasteiger partial charge >= 0.3 is 0 Å². The minimum Gasteiger partial charge on any atom is -0.495 e. The van der Waals surface area contributed by atoms with E-state index in [1.807, 2.05) is 17.0 Å². The van der Waals surface area contributed by atoms with Gasteiger partial charge in [-0.2, -0.15) is 0 Å². The lowest BCUT2D eigenvalue weighted by Gasteiger charge is -2.39. The largest absolute Gasteiger partial charge is 0.495 e. The van der Waals surface area contributed by atoms with Crippen LogP contribution < -0.4 is 9.04 Å². The second-order valence-corrected chi connectivity index (χ2v) is 11.3. The van der Waals surface area contributed by atoms with Crippen LogP contribution in [0, 0.1) is 0 Å². The SMILES string of the molecule is COc1ccccc1N(CC(O)CN1CCC(O)(c2ccc(Cl)cc2)CC1)S(=O)(=O)c1ccccc1. The number of rotatable bonds is 9. The van der Waals surface area contributed by atoms with Gasteiger partial charge in [0.15, 0.2) is 0 Å². The zero-order valence-electron chi connectivity index (χ0n) is 20.1. The number of piperidine rings is 1. The first-order valence-corrected chi connectivity index (χ1v) is 13.6. The van der Waals surface area contributed by atoms with Crippen molar-refractivity contribution in [2.45, 2.75) is 29.4 Å². The Kier molecular flexibility index (Phi) is 8.22. The molecule has 9 heteroatoms. The van der Waals surface area contributed by atoms with Gasteiger partial charge in [-0.25, -0.2) is 8.42 Å². The first-order chi connectivity index (χ1) is 17.2. The maximum atomic E-state index is 13.6. The molecule has 7 nitrogen and oxygen atoms in total. The van der Waals surface area contributed by atoms with Gasteiger partial charge in [0.25, 0.3) is 10.0 Å². The number of aliphatic hydroxyl groups is 2. The minimum absolute atomic E-state index is 0.133. The summed E-state index contributed by atoms with van der Waals surface area (Å²) in [6.45, 7) is 1.26. The molecule has 1 aliphatic heterocycles. The summed E-state index contributed by atoms with van der Waals surface area (Å²) in [4.78, 5) is 2.18. The molecule has 1 unspecified atom stereocenters. The number of methoxy groups -OCH3 is 1. The molecule has 3 aromatic rings. The lowest BCUT2D eigenvalue weighted by Crippen LogP contribution is -2.48. The number of β-amino-alcohol motifs (C(OH)–C–C–N with tert-alkyl or cyclic N) is 1. The van der Waals surface area contributed by atoms with E-state index < -0.39 is 21.7 Å². The van der Waals surface area contributed by atoms with E-state index in [0.717, 1.165) is 5.56 Å². The Morgan fingerprint density at radius 3 is 2.25 bits per heavy atom. The summed E-state index contributed by atoms with van der Waals surface area (Å²) < 4.78 is 33.8. The molecule has 3 aromatic carbocycles. The van der Waals surface area contributed by atoms with Crippen molar-refractivity contribution in [3.05, 3.63) is 89.4 Å². The van der Waals surface area contributed by atoms with Crippen molar-refractivity contribution in [3.63, 3.8) is 0 Å². The summed E-state index contributed by atoms with van der Waals surface area (Å²) in [5, 5.41) is 22.8. The van der Waals surface area contributed by atoms with Crippen LogP contribution in [0.25, 0.3) is 0 Å². The summed E-state index contributed by atoms with van der Waals surface area (Å²) in [7, 11) is -2.47. The maximum absolute atomic E-state index is 13.6. The van der Waals surface area contributed by atoms with Gasteiger partial charge in [0.05, 0.1) is 35.9 Å². The fourth-order valence-corrected chi connectivity index (χ4v) is 6.24. The molecule has 0 radical (unpaired) electrons. The normalized spacial score (nSPS) is 16.9. The van der Waals surface area contributed by atoms with E-state index in [-0.39, 0.29) is 18.0 Å². The molecular formula is C27H31ClN2O5S. The number of para-hydroxylation sites is 2. The second-order valence-electron chi connectivity index (χ2n) is 9.01. The van der Waals surface area contributed by atoms with Crippen molar-refractivity contribution in [1.82, 2.24) is 4.90 Å². The van der Waals surface area contributed by atoms with Crippen LogP contribution in [-0.2, 0) is 15.6 Å². The van der Waals surface area contributed by atoms with Crippen LogP contribution in [0.5, 0.6) is 5.75 Å². The molecule has 1 fully saturated rings. The number of nitrogens with zero attached hydrogens (tertiary/aromatic N) is 2.